The maximum atomic E-state index is 12.5. The number of hydrogen-bond donors (Lipinski definition) is 1. The number of esters is 2. The van der Waals surface area contributed by atoms with Gasteiger partial charge in [0.05, 0.1) is 13.2 Å². The minimum atomic E-state index is -2.01. The first-order valence-corrected chi connectivity index (χ1v) is 12.5. The number of ketones is 2. The molecule has 9 heteroatoms. The summed E-state index contributed by atoms with van der Waals surface area (Å²) in [6, 6.07) is 14.1. The van der Waals surface area contributed by atoms with Gasteiger partial charge in [-0.2, -0.15) is 0 Å². The highest BCUT2D eigenvalue weighted by Gasteiger charge is 2.50. The molecule has 0 aliphatic heterocycles. The molecule has 2 aromatic carbocycles. The van der Waals surface area contributed by atoms with Crippen LogP contribution in [0.25, 0.3) is 0 Å². The summed E-state index contributed by atoms with van der Waals surface area (Å²) in [6.45, 7) is 7.44. The second kappa shape index (κ2) is 14.9. The molecule has 8 nitrogen and oxygen atoms in total. The Labute approximate surface area is 219 Å². The van der Waals surface area contributed by atoms with Crippen LogP contribution >= 0.6 is 15.9 Å². The van der Waals surface area contributed by atoms with Gasteiger partial charge >= 0.3 is 11.9 Å². The highest BCUT2D eigenvalue weighted by Crippen LogP contribution is 2.20. The number of nitrogens with one attached hydrogen (secondary N) is 1. The molecule has 0 bridgehead atoms. The van der Waals surface area contributed by atoms with Gasteiger partial charge in [-0.05, 0) is 51.0 Å². The zero-order valence-corrected chi connectivity index (χ0v) is 22.8. The zero-order chi connectivity index (χ0) is 27.3. The number of Topliss-reactive ketones (excluding diaryl/α,β-unsaturated/α-hetero) is 2. The molecular weight excluding hydrogens is 530 g/mol. The highest BCUT2D eigenvalue weighted by molar-refractivity contribution is 9.08. The number of amides is 1. The van der Waals surface area contributed by atoms with Gasteiger partial charge in [0, 0.05) is 29.8 Å². The van der Waals surface area contributed by atoms with Gasteiger partial charge in [-0.1, -0.05) is 52.3 Å². The summed E-state index contributed by atoms with van der Waals surface area (Å²) < 4.78 is 10.0. The lowest BCUT2D eigenvalue weighted by atomic mass is 9.89. The standard InChI is InChI=1S/C18H23NO6.C9H9BrO/c1-5-24-16(22)18(19-13(4)21,17(23)25-6-2)11-14-8-7-9-15(10-14)12(3)20;1-7(11)9-4-2-3-8(5-9)6-10/h7-10H,5-6,11H2,1-4H3,(H,19,21);2-5H,6H2,1H3. The summed E-state index contributed by atoms with van der Waals surface area (Å²) in [5.41, 5.74) is 0.858. The lowest BCUT2D eigenvalue weighted by molar-refractivity contribution is -0.168. The van der Waals surface area contributed by atoms with Crippen LogP contribution in [0.1, 0.15) is 66.5 Å². The lowest BCUT2D eigenvalue weighted by Crippen LogP contribution is -2.62. The first-order valence-electron chi connectivity index (χ1n) is 11.4. The molecule has 0 heterocycles. The molecule has 0 unspecified atom stereocenters. The van der Waals surface area contributed by atoms with E-state index in [9.17, 15) is 24.0 Å². The SMILES string of the molecule is CC(=O)c1cccc(CBr)c1.CCOC(=O)C(Cc1cccc(C(C)=O)c1)(NC(C)=O)C(=O)OCC. The van der Waals surface area contributed by atoms with Crippen molar-refractivity contribution in [3.05, 3.63) is 70.8 Å². The van der Waals surface area contributed by atoms with Crippen molar-refractivity contribution in [2.45, 2.75) is 51.9 Å². The molecule has 0 saturated heterocycles. The molecule has 1 N–H and O–H groups in total. The number of hydrogen-bond acceptors (Lipinski definition) is 7. The van der Waals surface area contributed by atoms with Crippen LogP contribution in [0.4, 0.5) is 0 Å². The van der Waals surface area contributed by atoms with E-state index in [1.54, 1.807) is 45.0 Å². The quantitative estimate of drug-likeness (QED) is 0.200. The smallest absolute Gasteiger partial charge is 0.344 e. The van der Waals surface area contributed by atoms with E-state index in [0.717, 1.165) is 16.5 Å². The molecular formula is C27H32BrNO7. The van der Waals surface area contributed by atoms with Crippen molar-refractivity contribution in [3.8, 4) is 0 Å². The first kappa shape index (κ1) is 30.7. The molecule has 0 radical (unpaired) electrons. The summed E-state index contributed by atoms with van der Waals surface area (Å²) in [6.07, 6.45) is -0.189. The van der Waals surface area contributed by atoms with E-state index in [1.807, 2.05) is 24.3 Å². The third-order valence-electron chi connectivity index (χ3n) is 4.93. The van der Waals surface area contributed by atoms with Gasteiger partial charge in [-0.15, -0.1) is 0 Å². The average molecular weight is 562 g/mol. The molecule has 0 atom stereocenters. The normalized spacial score (nSPS) is 10.4. The van der Waals surface area contributed by atoms with Crippen molar-refractivity contribution >= 4 is 45.3 Å². The van der Waals surface area contributed by atoms with Crippen molar-refractivity contribution in [2.24, 2.45) is 0 Å². The molecule has 0 fully saturated rings. The van der Waals surface area contributed by atoms with Crippen LogP contribution in [0, 0.1) is 0 Å². The molecule has 36 heavy (non-hydrogen) atoms. The largest absolute Gasteiger partial charge is 0.464 e. The molecule has 194 valence electrons. The maximum Gasteiger partial charge on any atom is 0.344 e. The summed E-state index contributed by atoms with van der Waals surface area (Å²) in [7, 11) is 0. The molecule has 0 aliphatic carbocycles. The molecule has 0 aliphatic rings. The minimum absolute atomic E-state index is 0.0348. The molecule has 1 amide bonds. The Kier molecular flexibility index (Phi) is 12.7. The third kappa shape index (κ3) is 9.03. The van der Waals surface area contributed by atoms with Crippen LogP contribution in [0.2, 0.25) is 0 Å². The van der Waals surface area contributed by atoms with E-state index in [4.69, 9.17) is 9.47 Å². The Balaban J connectivity index is 0.000000488. The first-order chi connectivity index (χ1) is 17.0. The van der Waals surface area contributed by atoms with Gasteiger partial charge in [-0.25, -0.2) is 9.59 Å². The van der Waals surface area contributed by atoms with E-state index < -0.39 is 23.4 Å². The number of benzene rings is 2. The summed E-state index contributed by atoms with van der Waals surface area (Å²) in [5.74, 6) is -2.43. The number of carbonyl (C=O) groups excluding carboxylic acids is 5. The fourth-order valence-corrected chi connectivity index (χ4v) is 3.61. The van der Waals surface area contributed by atoms with Gasteiger partial charge in [0.15, 0.2) is 11.6 Å². The van der Waals surface area contributed by atoms with Crippen molar-refractivity contribution in [2.75, 3.05) is 13.2 Å². The number of ether oxygens (including phenoxy) is 2. The highest BCUT2D eigenvalue weighted by atomic mass is 79.9. The summed E-state index contributed by atoms with van der Waals surface area (Å²) in [5, 5.41) is 3.19. The van der Waals surface area contributed by atoms with Gasteiger partial charge in [0.25, 0.3) is 0 Å². The van der Waals surface area contributed by atoms with Crippen LogP contribution in [-0.2, 0) is 35.6 Å². The monoisotopic (exact) mass is 561 g/mol. The number of alkyl halides is 1. The number of carbonyl (C=O) groups is 5. The van der Waals surface area contributed by atoms with Gasteiger partial charge in [0.1, 0.15) is 0 Å². The Bertz CT molecular complexity index is 1080. The van der Waals surface area contributed by atoms with Gasteiger partial charge in [-0.3, -0.25) is 14.4 Å². The van der Waals surface area contributed by atoms with Crippen molar-refractivity contribution in [1.29, 1.82) is 0 Å². The van der Waals surface area contributed by atoms with Crippen molar-refractivity contribution in [1.82, 2.24) is 5.32 Å². The van der Waals surface area contributed by atoms with Crippen LogP contribution < -0.4 is 5.32 Å². The number of rotatable bonds is 10. The molecule has 0 spiro atoms. The van der Waals surface area contributed by atoms with E-state index in [2.05, 4.69) is 21.2 Å². The van der Waals surface area contributed by atoms with E-state index in [1.165, 1.54) is 13.8 Å². The molecule has 2 aromatic rings. The predicted octanol–water partition coefficient (Wildman–Crippen LogP) is 4.22. The second-order valence-corrected chi connectivity index (χ2v) is 8.41. The topological polar surface area (TPSA) is 116 Å². The third-order valence-corrected chi connectivity index (χ3v) is 5.58. The Morgan fingerprint density at radius 3 is 1.61 bits per heavy atom. The summed E-state index contributed by atoms with van der Waals surface area (Å²) >= 11 is 3.33. The van der Waals surface area contributed by atoms with Crippen LogP contribution in [0.5, 0.6) is 0 Å². The van der Waals surface area contributed by atoms with E-state index in [0.29, 0.717) is 11.1 Å². The van der Waals surface area contributed by atoms with Crippen LogP contribution in [-0.4, -0.2) is 48.2 Å². The van der Waals surface area contributed by atoms with E-state index in [-0.39, 0.29) is 31.2 Å². The predicted molar refractivity (Wildman–Crippen MR) is 139 cm³/mol. The van der Waals surface area contributed by atoms with Gasteiger partial charge in [0.2, 0.25) is 11.4 Å². The molecule has 2 rings (SSSR count). The zero-order valence-electron chi connectivity index (χ0n) is 21.2. The fraction of sp³-hybridized carbons (Fsp3) is 0.370. The number of halogens is 1. The summed E-state index contributed by atoms with van der Waals surface area (Å²) in [4.78, 5) is 59.2. The van der Waals surface area contributed by atoms with E-state index >= 15 is 0 Å². The fourth-order valence-electron chi connectivity index (χ4n) is 3.26. The van der Waals surface area contributed by atoms with Crippen LogP contribution in [0.15, 0.2) is 48.5 Å². The minimum Gasteiger partial charge on any atom is -0.464 e. The molecule has 0 aromatic heterocycles. The second-order valence-electron chi connectivity index (χ2n) is 7.85. The van der Waals surface area contributed by atoms with Crippen molar-refractivity contribution < 1.29 is 33.4 Å². The van der Waals surface area contributed by atoms with Gasteiger partial charge < -0.3 is 14.8 Å². The van der Waals surface area contributed by atoms with Crippen molar-refractivity contribution in [3.63, 3.8) is 0 Å². The average Bonchev–Trinajstić information content (AvgIpc) is 2.84. The Hall–Kier alpha value is -3.33. The molecule has 0 saturated carbocycles. The Morgan fingerprint density at radius 2 is 1.22 bits per heavy atom. The van der Waals surface area contributed by atoms with Crippen LogP contribution in [0.3, 0.4) is 0 Å². The lowest BCUT2D eigenvalue weighted by Gasteiger charge is -2.29. The Morgan fingerprint density at radius 1 is 0.778 bits per heavy atom. The maximum absolute atomic E-state index is 12.5.